The van der Waals surface area contributed by atoms with E-state index in [0.29, 0.717) is 5.56 Å². The van der Waals surface area contributed by atoms with Gasteiger partial charge in [0.1, 0.15) is 12.4 Å². The molecule has 0 radical (unpaired) electrons. The summed E-state index contributed by atoms with van der Waals surface area (Å²) in [7, 11) is -4.20. The number of carboxylic acids is 1. The van der Waals surface area contributed by atoms with Gasteiger partial charge in [0, 0.05) is 12.6 Å². The first kappa shape index (κ1) is 26.8. The van der Waals surface area contributed by atoms with Crippen LogP contribution in [0.4, 0.5) is 5.82 Å². The number of benzene rings is 2. The number of halogens is 1. The van der Waals surface area contributed by atoms with E-state index in [2.05, 4.69) is 15.3 Å². The van der Waals surface area contributed by atoms with E-state index < -0.39 is 20.7 Å². The third-order valence-electron chi connectivity index (χ3n) is 5.52. The number of aliphatic carboxylic acids is 1. The van der Waals surface area contributed by atoms with Gasteiger partial charge in [-0.05, 0) is 41.0 Å². The van der Waals surface area contributed by atoms with Gasteiger partial charge in [-0.3, -0.25) is 4.79 Å². The number of carbonyl (C=O) groups is 1. The molecule has 0 aliphatic carbocycles. The van der Waals surface area contributed by atoms with Crippen molar-refractivity contribution in [1.82, 2.24) is 9.97 Å². The Morgan fingerprint density at radius 3 is 2.19 bits per heavy atom. The fourth-order valence-corrected chi connectivity index (χ4v) is 5.28. The van der Waals surface area contributed by atoms with E-state index in [4.69, 9.17) is 10.8 Å². The highest BCUT2D eigenvalue weighted by Gasteiger charge is 2.45. The second kappa shape index (κ2) is 11.3. The number of nitrogens with zero attached hydrogens (tertiary/aromatic N) is 2. The predicted molar refractivity (Wildman–Crippen MR) is 140 cm³/mol. The van der Waals surface area contributed by atoms with Crippen molar-refractivity contribution in [3.05, 3.63) is 108 Å². The minimum absolute atomic E-state index is 0. The number of carboxylic acid groups (broad SMARTS) is 1. The van der Waals surface area contributed by atoms with Crippen molar-refractivity contribution in [2.45, 2.75) is 16.3 Å². The smallest absolute Gasteiger partial charge is 0.322 e. The zero-order chi connectivity index (χ0) is 24.9. The van der Waals surface area contributed by atoms with Crippen LogP contribution in [-0.4, -0.2) is 36.0 Å². The lowest BCUT2D eigenvalue weighted by Crippen LogP contribution is -2.47. The van der Waals surface area contributed by atoms with Gasteiger partial charge in [0.15, 0.2) is 9.90 Å². The van der Waals surface area contributed by atoms with Gasteiger partial charge in [0.25, 0.3) is 0 Å². The topological polar surface area (TPSA) is 135 Å². The van der Waals surface area contributed by atoms with E-state index >= 15 is 0 Å². The van der Waals surface area contributed by atoms with Gasteiger partial charge in [0.05, 0.1) is 5.69 Å². The summed E-state index contributed by atoms with van der Waals surface area (Å²) in [6.07, 6.45) is 1.32. The number of nitrogens with two attached hydrogens (primary N) is 1. The predicted octanol–water partition coefficient (Wildman–Crippen LogP) is 3.89. The van der Waals surface area contributed by atoms with Crippen LogP contribution in [0.5, 0.6) is 0 Å². The molecule has 10 heteroatoms. The van der Waals surface area contributed by atoms with Crippen LogP contribution >= 0.6 is 12.4 Å². The van der Waals surface area contributed by atoms with E-state index in [0.717, 1.165) is 11.1 Å². The monoisotopic (exact) mass is 524 g/mol. The van der Waals surface area contributed by atoms with Gasteiger partial charge < -0.3 is 16.2 Å². The molecule has 0 saturated carbocycles. The minimum atomic E-state index is -4.20. The van der Waals surface area contributed by atoms with Crippen LogP contribution in [0.1, 0.15) is 11.3 Å². The van der Waals surface area contributed by atoms with Crippen molar-refractivity contribution in [3.63, 3.8) is 0 Å². The summed E-state index contributed by atoms with van der Waals surface area (Å²) in [4.78, 5) is 17.4. The highest BCUT2D eigenvalue weighted by atomic mass is 35.5. The van der Waals surface area contributed by atoms with Crippen LogP contribution in [0.25, 0.3) is 11.1 Å². The molecule has 186 valence electrons. The van der Waals surface area contributed by atoms with E-state index in [-0.39, 0.29) is 41.9 Å². The number of anilines is 1. The Bertz CT molecular complexity index is 1420. The Morgan fingerprint density at radius 1 is 0.889 bits per heavy atom. The SMILES string of the molecule is Cl.NC(Cc1ccc(-c2ccccc2)cc1)(c1cccc(NCC(=O)O)n1)S(=O)(=O)c1ccccn1. The molecule has 2 aromatic heterocycles. The highest BCUT2D eigenvalue weighted by molar-refractivity contribution is 7.92. The van der Waals surface area contributed by atoms with Gasteiger partial charge >= 0.3 is 5.97 Å². The maximum Gasteiger partial charge on any atom is 0.322 e. The first-order chi connectivity index (χ1) is 16.8. The summed E-state index contributed by atoms with van der Waals surface area (Å²) in [5, 5.41) is 11.5. The summed E-state index contributed by atoms with van der Waals surface area (Å²) >= 11 is 0. The number of rotatable bonds is 9. The van der Waals surface area contributed by atoms with Crippen molar-refractivity contribution in [2.75, 3.05) is 11.9 Å². The summed E-state index contributed by atoms with van der Waals surface area (Å²) in [5.41, 5.74) is 9.50. The zero-order valence-electron chi connectivity index (χ0n) is 19.1. The number of nitrogens with one attached hydrogen (secondary N) is 1. The van der Waals surface area contributed by atoms with E-state index in [1.807, 2.05) is 54.6 Å². The standard InChI is InChI=1S/C26H24N4O4S.ClH/c27-26(35(33,34)24-11-4-5-16-28-24,22-9-6-10-23(30-22)29-18-25(31)32)17-19-12-14-21(15-13-19)20-7-2-1-3-8-20;/h1-16H,17-18,27H2,(H,29,30)(H,31,32);1H. The fraction of sp³-hybridized carbons (Fsp3) is 0.115. The number of aromatic nitrogens is 2. The average molecular weight is 525 g/mol. The molecule has 2 heterocycles. The second-order valence-electron chi connectivity index (χ2n) is 7.96. The first-order valence-corrected chi connectivity index (χ1v) is 12.3. The minimum Gasteiger partial charge on any atom is -0.480 e. The van der Waals surface area contributed by atoms with Gasteiger partial charge in [-0.1, -0.05) is 66.7 Å². The van der Waals surface area contributed by atoms with Crippen molar-refractivity contribution in [1.29, 1.82) is 0 Å². The van der Waals surface area contributed by atoms with Crippen molar-refractivity contribution in [3.8, 4) is 11.1 Å². The van der Waals surface area contributed by atoms with Crippen molar-refractivity contribution < 1.29 is 18.3 Å². The number of sulfone groups is 1. The molecule has 0 amide bonds. The van der Waals surface area contributed by atoms with Crippen LogP contribution in [0, 0.1) is 0 Å². The molecule has 4 rings (SSSR count). The molecule has 4 N–H and O–H groups in total. The van der Waals surface area contributed by atoms with Gasteiger partial charge in [-0.2, -0.15) is 0 Å². The summed E-state index contributed by atoms with van der Waals surface area (Å²) in [6, 6.07) is 26.6. The normalized spacial score (nSPS) is 12.7. The molecule has 0 bridgehead atoms. The lowest BCUT2D eigenvalue weighted by atomic mass is 9.99. The molecule has 0 saturated heterocycles. The molecule has 1 atom stereocenters. The molecule has 8 nitrogen and oxygen atoms in total. The van der Waals surface area contributed by atoms with Gasteiger partial charge in [-0.15, -0.1) is 12.4 Å². The largest absolute Gasteiger partial charge is 0.480 e. The molecule has 0 fully saturated rings. The average Bonchev–Trinajstić information content (AvgIpc) is 2.89. The summed E-state index contributed by atoms with van der Waals surface area (Å²) in [6.45, 7) is -0.373. The summed E-state index contributed by atoms with van der Waals surface area (Å²) < 4.78 is 27.6. The van der Waals surface area contributed by atoms with E-state index in [1.54, 1.807) is 24.3 Å². The number of hydrogen-bond donors (Lipinski definition) is 3. The van der Waals surface area contributed by atoms with Crippen LogP contribution in [0.15, 0.2) is 102 Å². The van der Waals surface area contributed by atoms with Crippen LogP contribution < -0.4 is 11.1 Å². The third-order valence-corrected chi connectivity index (χ3v) is 7.63. The molecule has 0 aliphatic rings. The molecule has 36 heavy (non-hydrogen) atoms. The van der Waals surface area contributed by atoms with Gasteiger partial charge in [0.2, 0.25) is 9.84 Å². The van der Waals surface area contributed by atoms with Crippen LogP contribution in [0.2, 0.25) is 0 Å². The Balaban J connectivity index is 0.00000361. The van der Waals surface area contributed by atoms with E-state index in [1.165, 1.54) is 18.3 Å². The number of pyridine rings is 2. The molecule has 0 spiro atoms. The molecule has 4 aromatic rings. The molecule has 0 aliphatic heterocycles. The third kappa shape index (κ3) is 5.71. The Labute approximate surface area is 215 Å². The molecular weight excluding hydrogens is 500 g/mol. The Morgan fingerprint density at radius 2 is 1.56 bits per heavy atom. The number of hydrogen-bond acceptors (Lipinski definition) is 7. The molecular formula is C26H25ClN4O4S. The first-order valence-electron chi connectivity index (χ1n) is 10.8. The Hall–Kier alpha value is -3.79. The van der Waals surface area contributed by atoms with Crippen LogP contribution in [0.3, 0.4) is 0 Å². The quantitative estimate of drug-likeness (QED) is 0.300. The second-order valence-corrected chi connectivity index (χ2v) is 10.1. The lowest BCUT2D eigenvalue weighted by molar-refractivity contribution is -0.134. The molecule has 1 unspecified atom stereocenters. The molecule has 2 aromatic carbocycles. The fourth-order valence-electron chi connectivity index (χ4n) is 3.70. The maximum absolute atomic E-state index is 13.8. The van der Waals surface area contributed by atoms with E-state index in [9.17, 15) is 13.2 Å². The summed E-state index contributed by atoms with van der Waals surface area (Å²) in [5.74, 6) is -0.869. The Kier molecular flexibility index (Phi) is 8.41. The highest BCUT2D eigenvalue weighted by Crippen LogP contribution is 2.33. The van der Waals surface area contributed by atoms with Crippen molar-refractivity contribution in [2.24, 2.45) is 5.73 Å². The van der Waals surface area contributed by atoms with Gasteiger partial charge in [-0.25, -0.2) is 18.4 Å². The van der Waals surface area contributed by atoms with Crippen LogP contribution in [-0.2, 0) is 25.9 Å². The lowest BCUT2D eigenvalue weighted by Gasteiger charge is -2.29. The zero-order valence-corrected chi connectivity index (χ0v) is 20.7. The van der Waals surface area contributed by atoms with Crippen molar-refractivity contribution >= 4 is 34.0 Å². The maximum atomic E-state index is 13.8.